The molecule has 14 heavy (non-hydrogen) atoms. The van der Waals surface area contributed by atoms with E-state index < -0.39 is 0 Å². The zero-order valence-corrected chi connectivity index (χ0v) is 12.5. The van der Waals surface area contributed by atoms with Gasteiger partial charge in [-0.05, 0) is 56.4 Å². The van der Waals surface area contributed by atoms with Gasteiger partial charge >= 0.3 is 0 Å². The molecule has 0 aromatic carbocycles. The van der Waals surface area contributed by atoms with Crippen molar-refractivity contribution in [2.24, 2.45) is 0 Å². The number of hydrogen-bond acceptors (Lipinski definition) is 4. The minimum atomic E-state index is -0.238. The van der Waals surface area contributed by atoms with E-state index in [4.69, 9.17) is 0 Å². The zero-order valence-electron chi connectivity index (χ0n) is 10.7. The lowest BCUT2D eigenvalue weighted by molar-refractivity contribution is 0.557. The summed E-state index contributed by atoms with van der Waals surface area (Å²) in [5.74, 6) is 0. The van der Waals surface area contributed by atoms with Gasteiger partial charge in [-0.3, -0.25) is 18.7 Å². The lowest BCUT2D eigenvalue weighted by Crippen LogP contribution is -2.25. The van der Waals surface area contributed by atoms with Gasteiger partial charge in [-0.2, -0.15) is 0 Å². The van der Waals surface area contributed by atoms with Crippen LogP contribution in [0.2, 0.25) is 0 Å². The van der Waals surface area contributed by atoms with Crippen molar-refractivity contribution in [1.82, 2.24) is 18.7 Å². The molecular formula is C8H24N4P2. The van der Waals surface area contributed by atoms with Gasteiger partial charge in [0.05, 0.1) is 15.8 Å². The molecule has 0 aliphatic rings. The molecule has 0 N–H and O–H groups in total. The molecule has 0 spiro atoms. The Balaban J connectivity index is 4.74. The van der Waals surface area contributed by atoms with Crippen molar-refractivity contribution < 1.29 is 0 Å². The van der Waals surface area contributed by atoms with E-state index in [-0.39, 0.29) is 15.8 Å². The maximum atomic E-state index is 2.33. The van der Waals surface area contributed by atoms with Crippen LogP contribution < -0.4 is 0 Å². The second-order valence-corrected chi connectivity index (χ2v) is 10.3. The summed E-state index contributed by atoms with van der Waals surface area (Å²) in [5, 5.41) is 0. The number of nitrogens with zero attached hydrogens (tertiary/aromatic N) is 4. The first-order chi connectivity index (χ1) is 6.29. The van der Waals surface area contributed by atoms with Crippen molar-refractivity contribution in [1.29, 1.82) is 0 Å². The van der Waals surface area contributed by atoms with Gasteiger partial charge in [-0.1, -0.05) is 0 Å². The standard InChI is InChI=1S/C8H24N4P2/c1-9(2)13(10(3)4)14(11(5)6)12(7)8/h1-8H3. The lowest BCUT2D eigenvalue weighted by atomic mass is 11.3. The quantitative estimate of drug-likeness (QED) is 0.677. The summed E-state index contributed by atoms with van der Waals surface area (Å²) < 4.78 is 9.34. The van der Waals surface area contributed by atoms with Crippen LogP contribution >= 0.6 is 15.8 Å². The van der Waals surface area contributed by atoms with Crippen molar-refractivity contribution in [3.8, 4) is 0 Å². The summed E-state index contributed by atoms with van der Waals surface area (Å²) in [7, 11) is 16.8. The molecule has 0 atom stereocenters. The third-order valence-electron chi connectivity index (χ3n) is 1.59. The molecule has 0 aliphatic carbocycles. The van der Waals surface area contributed by atoms with Crippen molar-refractivity contribution in [2.45, 2.75) is 0 Å². The summed E-state index contributed by atoms with van der Waals surface area (Å²) in [5.41, 5.74) is 0. The van der Waals surface area contributed by atoms with Crippen LogP contribution in [0.1, 0.15) is 0 Å². The molecule has 0 heterocycles. The normalized spacial score (nSPS) is 13.3. The molecule has 0 aliphatic heterocycles. The van der Waals surface area contributed by atoms with Crippen molar-refractivity contribution >= 4 is 15.8 Å². The fourth-order valence-electron chi connectivity index (χ4n) is 1.36. The molecule has 0 saturated heterocycles. The van der Waals surface area contributed by atoms with Gasteiger partial charge in [0, 0.05) is 0 Å². The van der Waals surface area contributed by atoms with Crippen molar-refractivity contribution in [3.05, 3.63) is 0 Å². The van der Waals surface area contributed by atoms with Gasteiger partial charge in [0.25, 0.3) is 0 Å². The van der Waals surface area contributed by atoms with E-state index >= 15 is 0 Å². The fraction of sp³-hybridized carbons (Fsp3) is 1.00. The molecule has 0 aromatic heterocycles. The molecule has 0 radical (unpaired) electrons. The van der Waals surface area contributed by atoms with Crippen LogP contribution in [0.3, 0.4) is 0 Å². The lowest BCUT2D eigenvalue weighted by Gasteiger charge is -2.42. The maximum Gasteiger partial charge on any atom is 0.0964 e. The largest absolute Gasteiger partial charge is 0.271 e. The summed E-state index contributed by atoms with van der Waals surface area (Å²) in [6.07, 6.45) is 0. The van der Waals surface area contributed by atoms with Crippen molar-refractivity contribution in [3.63, 3.8) is 0 Å². The van der Waals surface area contributed by atoms with Gasteiger partial charge in [-0.25, -0.2) is 0 Å². The Bertz CT molecular complexity index is 127. The second-order valence-electron chi connectivity index (χ2n) is 3.93. The van der Waals surface area contributed by atoms with Gasteiger partial charge in [0.1, 0.15) is 0 Å². The predicted molar refractivity (Wildman–Crippen MR) is 68.6 cm³/mol. The molecule has 0 rings (SSSR count). The first kappa shape index (κ1) is 14.7. The highest BCUT2D eigenvalue weighted by Crippen LogP contribution is 2.72. The van der Waals surface area contributed by atoms with E-state index in [0.29, 0.717) is 0 Å². The Labute approximate surface area is 91.5 Å². The monoisotopic (exact) mass is 238 g/mol. The molecule has 0 bridgehead atoms. The van der Waals surface area contributed by atoms with Gasteiger partial charge < -0.3 is 0 Å². The number of rotatable bonds is 5. The Morgan fingerprint density at radius 1 is 0.429 bits per heavy atom. The molecule has 4 nitrogen and oxygen atoms in total. The molecule has 0 unspecified atom stereocenters. The SMILES string of the molecule is CN(C)P(N(C)C)P(N(C)C)N(C)C. The summed E-state index contributed by atoms with van der Waals surface area (Å²) in [6.45, 7) is 0. The van der Waals surface area contributed by atoms with Crippen LogP contribution in [0.5, 0.6) is 0 Å². The topological polar surface area (TPSA) is 13.0 Å². The van der Waals surface area contributed by atoms with E-state index in [1.807, 2.05) is 0 Å². The molecule has 0 aromatic rings. The van der Waals surface area contributed by atoms with Crippen LogP contribution in [0.25, 0.3) is 0 Å². The minimum absolute atomic E-state index is 0.238. The number of hydrogen-bond donors (Lipinski definition) is 0. The molecular weight excluding hydrogens is 214 g/mol. The molecule has 0 fully saturated rings. The maximum absolute atomic E-state index is 2.33. The van der Waals surface area contributed by atoms with E-state index in [2.05, 4.69) is 75.1 Å². The highest BCUT2D eigenvalue weighted by molar-refractivity contribution is 8.25. The summed E-state index contributed by atoms with van der Waals surface area (Å²) in [4.78, 5) is 0. The highest BCUT2D eigenvalue weighted by Gasteiger charge is 2.29. The zero-order chi connectivity index (χ0) is 11.5. The summed E-state index contributed by atoms with van der Waals surface area (Å²) >= 11 is 0. The Hall–Kier alpha value is 0.700. The second kappa shape index (κ2) is 6.32. The van der Waals surface area contributed by atoms with Gasteiger partial charge in [-0.15, -0.1) is 0 Å². The molecule has 0 saturated carbocycles. The van der Waals surface area contributed by atoms with Crippen LogP contribution in [0.4, 0.5) is 0 Å². The molecule has 6 heteroatoms. The van der Waals surface area contributed by atoms with Crippen LogP contribution in [0.15, 0.2) is 0 Å². The molecule has 86 valence electrons. The van der Waals surface area contributed by atoms with Crippen LogP contribution in [0, 0.1) is 0 Å². The van der Waals surface area contributed by atoms with E-state index in [1.54, 1.807) is 0 Å². The first-order valence-electron chi connectivity index (χ1n) is 4.58. The fourth-order valence-corrected chi connectivity index (χ4v) is 7.91. The van der Waals surface area contributed by atoms with Gasteiger partial charge in [0.2, 0.25) is 0 Å². The third-order valence-corrected chi connectivity index (χ3v) is 10.0. The van der Waals surface area contributed by atoms with E-state index in [0.717, 1.165) is 0 Å². The van der Waals surface area contributed by atoms with E-state index in [9.17, 15) is 0 Å². The van der Waals surface area contributed by atoms with Crippen molar-refractivity contribution in [2.75, 3.05) is 56.4 Å². The van der Waals surface area contributed by atoms with Crippen LogP contribution in [-0.2, 0) is 0 Å². The smallest absolute Gasteiger partial charge is 0.0964 e. The van der Waals surface area contributed by atoms with E-state index in [1.165, 1.54) is 0 Å². The Morgan fingerprint density at radius 2 is 0.571 bits per heavy atom. The minimum Gasteiger partial charge on any atom is -0.271 e. The highest BCUT2D eigenvalue weighted by atomic mass is 32.1. The van der Waals surface area contributed by atoms with Gasteiger partial charge in [0.15, 0.2) is 0 Å². The molecule has 0 amide bonds. The third kappa shape index (κ3) is 4.06. The Morgan fingerprint density at radius 3 is 0.643 bits per heavy atom. The average Bonchev–Trinajstić information content (AvgIpc) is 1.96. The average molecular weight is 238 g/mol. The summed E-state index contributed by atoms with van der Waals surface area (Å²) in [6, 6.07) is 0. The predicted octanol–water partition coefficient (Wildman–Crippen LogP) is 1.77. The van der Waals surface area contributed by atoms with Crippen LogP contribution in [-0.4, -0.2) is 75.1 Å². The Kier molecular flexibility index (Phi) is 6.63. The first-order valence-corrected chi connectivity index (χ1v) is 7.78.